The molecular formula is C25H32O5S3. The van der Waals surface area contributed by atoms with Crippen molar-refractivity contribution in [3.8, 4) is 0 Å². The second-order valence-electron chi connectivity index (χ2n) is 8.56. The van der Waals surface area contributed by atoms with Crippen LogP contribution in [0.3, 0.4) is 0 Å². The molecule has 1 aromatic carbocycles. The number of aliphatic hydroxyl groups excluding tert-OH is 1. The van der Waals surface area contributed by atoms with E-state index in [9.17, 15) is 19.8 Å². The summed E-state index contributed by atoms with van der Waals surface area (Å²) in [6, 6.07) is 10.4. The highest BCUT2D eigenvalue weighted by atomic mass is 32.2. The molecule has 0 aliphatic heterocycles. The lowest BCUT2D eigenvalue weighted by atomic mass is 9.95. The number of Topliss-reactive ketones (excluding diaryl/α,β-unsaturated/α-hetero) is 1. The molecule has 1 fully saturated rings. The van der Waals surface area contributed by atoms with Crippen LogP contribution in [-0.2, 0) is 20.7 Å². The zero-order valence-corrected chi connectivity index (χ0v) is 21.5. The van der Waals surface area contributed by atoms with E-state index in [4.69, 9.17) is 0 Å². The smallest absolute Gasteiger partial charge is 0.315 e. The molecule has 33 heavy (non-hydrogen) atoms. The standard InChI is InChI=1S/C25H32O5S3/c1-25(29,10-8-18-14-17-6-3-4-7-22(17)33-18)11-9-19-20(26)15-21(27)24(19)32-13-5-12-31-16-23(28)30-2/h3-4,6-7,9,11,14,19-20,24,26,29H,5,8,10,12-13,15-16H2,1-2H3/t19-,20+,24+,25?/m0/s1. The minimum Gasteiger partial charge on any atom is -0.468 e. The molecule has 0 amide bonds. The zero-order valence-electron chi connectivity index (χ0n) is 19.1. The molecule has 1 saturated carbocycles. The van der Waals surface area contributed by atoms with Crippen molar-refractivity contribution in [2.45, 2.75) is 49.6 Å². The van der Waals surface area contributed by atoms with Crippen molar-refractivity contribution in [1.82, 2.24) is 0 Å². The molecule has 0 bridgehead atoms. The van der Waals surface area contributed by atoms with E-state index >= 15 is 0 Å². The van der Waals surface area contributed by atoms with Crippen molar-refractivity contribution in [3.05, 3.63) is 47.4 Å². The normalized spacial score (nSPS) is 22.8. The molecule has 2 aromatic rings. The van der Waals surface area contributed by atoms with Crippen molar-refractivity contribution in [1.29, 1.82) is 0 Å². The minimum atomic E-state index is -1.01. The monoisotopic (exact) mass is 508 g/mol. The number of benzene rings is 1. The number of methoxy groups -OCH3 is 1. The summed E-state index contributed by atoms with van der Waals surface area (Å²) in [5.41, 5.74) is -1.01. The molecule has 1 aliphatic carbocycles. The first kappa shape index (κ1) is 26.3. The van der Waals surface area contributed by atoms with Gasteiger partial charge in [0.15, 0.2) is 0 Å². The van der Waals surface area contributed by atoms with E-state index in [1.807, 2.05) is 18.2 Å². The topological polar surface area (TPSA) is 83.8 Å². The van der Waals surface area contributed by atoms with Gasteiger partial charge in [-0.1, -0.05) is 30.4 Å². The fourth-order valence-electron chi connectivity index (χ4n) is 3.83. The number of aryl methyl sites for hydroxylation is 1. The average molecular weight is 509 g/mol. The number of thiophene rings is 1. The van der Waals surface area contributed by atoms with E-state index in [0.717, 1.165) is 24.3 Å². The maximum Gasteiger partial charge on any atom is 0.315 e. The van der Waals surface area contributed by atoms with Gasteiger partial charge in [0.2, 0.25) is 0 Å². The van der Waals surface area contributed by atoms with E-state index < -0.39 is 11.7 Å². The molecule has 5 nitrogen and oxygen atoms in total. The largest absolute Gasteiger partial charge is 0.468 e. The van der Waals surface area contributed by atoms with Crippen LogP contribution in [0.25, 0.3) is 10.1 Å². The molecule has 1 unspecified atom stereocenters. The minimum absolute atomic E-state index is 0.0642. The Hall–Kier alpha value is -1.32. The van der Waals surface area contributed by atoms with Crippen LogP contribution >= 0.6 is 34.9 Å². The zero-order chi connectivity index (χ0) is 23.8. The maximum absolute atomic E-state index is 12.4. The Morgan fingerprint density at radius 1 is 1.33 bits per heavy atom. The average Bonchev–Trinajstić information content (AvgIpc) is 3.32. The molecule has 0 spiro atoms. The van der Waals surface area contributed by atoms with Crippen LogP contribution < -0.4 is 0 Å². The van der Waals surface area contributed by atoms with Gasteiger partial charge >= 0.3 is 5.97 Å². The first-order valence-electron chi connectivity index (χ1n) is 11.2. The molecule has 3 rings (SSSR count). The van der Waals surface area contributed by atoms with Crippen LogP contribution in [0.2, 0.25) is 0 Å². The highest BCUT2D eigenvalue weighted by Gasteiger charge is 2.40. The lowest BCUT2D eigenvalue weighted by molar-refractivity contribution is -0.137. The molecule has 8 heteroatoms. The Morgan fingerprint density at radius 3 is 2.88 bits per heavy atom. The highest BCUT2D eigenvalue weighted by Crippen LogP contribution is 2.35. The van der Waals surface area contributed by atoms with Crippen LogP contribution in [0.5, 0.6) is 0 Å². The third-order valence-electron chi connectivity index (χ3n) is 5.73. The van der Waals surface area contributed by atoms with Gasteiger partial charge in [0.05, 0.1) is 29.8 Å². The number of fused-ring (bicyclic) bond motifs is 1. The lowest BCUT2D eigenvalue weighted by Gasteiger charge is -2.22. The quantitative estimate of drug-likeness (QED) is 0.248. The van der Waals surface area contributed by atoms with E-state index in [-0.39, 0.29) is 29.3 Å². The molecule has 4 atom stereocenters. The van der Waals surface area contributed by atoms with Crippen LogP contribution in [0.15, 0.2) is 42.5 Å². The van der Waals surface area contributed by atoms with Gasteiger partial charge in [-0.2, -0.15) is 11.8 Å². The number of carbonyl (C=O) groups excluding carboxylic acids is 2. The molecule has 2 N–H and O–H groups in total. The third kappa shape index (κ3) is 7.86. The SMILES string of the molecule is COC(=O)CSCCCS[C@H]1C(=O)C[C@@H](O)[C@@H]1C=CC(C)(O)CCc1cc2ccccc2s1. The third-order valence-corrected chi connectivity index (χ3v) is 9.38. The fraction of sp³-hybridized carbons (Fsp3) is 0.520. The Labute approximate surface area is 208 Å². The van der Waals surface area contributed by atoms with Crippen LogP contribution in [-0.4, -0.2) is 63.3 Å². The number of hydrogen-bond acceptors (Lipinski definition) is 8. The molecule has 1 aromatic heterocycles. The first-order valence-corrected chi connectivity index (χ1v) is 14.2. The van der Waals surface area contributed by atoms with E-state index in [1.54, 1.807) is 36.1 Å². The van der Waals surface area contributed by atoms with Crippen molar-refractivity contribution in [2.75, 3.05) is 24.4 Å². The number of esters is 1. The second-order valence-corrected chi connectivity index (χ2v) is 12.1. The fourth-order valence-corrected chi connectivity index (χ4v) is 7.20. The lowest BCUT2D eigenvalue weighted by Crippen LogP contribution is -2.25. The summed E-state index contributed by atoms with van der Waals surface area (Å²) < 4.78 is 5.87. The summed E-state index contributed by atoms with van der Waals surface area (Å²) in [6.07, 6.45) is 5.25. The molecule has 0 radical (unpaired) electrons. The predicted octanol–water partition coefficient (Wildman–Crippen LogP) is 4.49. The van der Waals surface area contributed by atoms with Crippen molar-refractivity contribution in [3.63, 3.8) is 0 Å². The number of aliphatic hydroxyl groups is 2. The van der Waals surface area contributed by atoms with E-state index in [1.165, 1.54) is 33.8 Å². The van der Waals surface area contributed by atoms with Gasteiger partial charge < -0.3 is 14.9 Å². The summed E-state index contributed by atoms with van der Waals surface area (Å²) in [5, 5.41) is 22.2. The number of ether oxygens (including phenoxy) is 1. The number of thioether (sulfide) groups is 2. The van der Waals surface area contributed by atoms with Gasteiger partial charge in [-0.25, -0.2) is 0 Å². The van der Waals surface area contributed by atoms with E-state index in [2.05, 4.69) is 22.9 Å². The first-order chi connectivity index (χ1) is 15.8. The Morgan fingerprint density at radius 2 is 2.12 bits per heavy atom. The van der Waals surface area contributed by atoms with Crippen molar-refractivity contribution >= 4 is 56.7 Å². The summed E-state index contributed by atoms with van der Waals surface area (Å²) in [5.74, 6) is 1.48. The number of hydrogen-bond donors (Lipinski definition) is 2. The Kier molecular flexibility index (Phi) is 9.88. The molecular weight excluding hydrogens is 476 g/mol. The van der Waals surface area contributed by atoms with Gasteiger partial charge in [-0.05, 0) is 55.2 Å². The summed E-state index contributed by atoms with van der Waals surface area (Å²) in [7, 11) is 1.38. The number of rotatable bonds is 12. The van der Waals surface area contributed by atoms with Crippen LogP contribution in [0, 0.1) is 5.92 Å². The summed E-state index contributed by atoms with van der Waals surface area (Å²) in [4.78, 5) is 24.8. The highest BCUT2D eigenvalue weighted by molar-refractivity contribution is 8.01. The number of ketones is 1. The molecule has 1 aliphatic rings. The van der Waals surface area contributed by atoms with Crippen LogP contribution in [0.1, 0.15) is 31.1 Å². The molecule has 0 saturated heterocycles. The predicted molar refractivity (Wildman–Crippen MR) is 139 cm³/mol. The molecule has 1 heterocycles. The number of carbonyl (C=O) groups is 2. The van der Waals surface area contributed by atoms with Gasteiger partial charge in [0.1, 0.15) is 5.78 Å². The van der Waals surface area contributed by atoms with E-state index in [0.29, 0.717) is 12.2 Å². The Balaban J connectivity index is 1.49. The maximum atomic E-state index is 12.4. The van der Waals surface area contributed by atoms with Gasteiger partial charge in [0, 0.05) is 21.9 Å². The second kappa shape index (κ2) is 12.4. The van der Waals surface area contributed by atoms with Crippen molar-refractivity contribution < 1.29 is 24.5 Å². The van der Waals surface area contributed by atoms with Gasteiger partial charge in [-0.15, -0.1) is 23.1 Å². The van der Waals surface area contributed by atoms with Crippen LogP contribution in [0.4, 0.5) is 0 Å². The summed E-state index contributed by atoms with van der Waals surface area (Å²) >= 11 is 4.83. The van der Waals surface area contributed by atoms with Crippen molar-refractivity contribution in [2.24, 2.45) is 5.92 Å². The van der Waals surface area contributed by atoms with Gasteiger partial charge in [-0.3, -0.25) is 9.59 Å². The Bertz CT molecular complexity index is 935. The summed E-state index contributed by atoms with van der Waals surface area (Å²) in [6.45, 7) is 1.78. The molecule has 180 valence electrons. The van der Waals surface area contributed by atoms with Gasteiger partial charge in [0.25, 0.3) is 0 Å².